The number of aryl methyl sites for hydroxylation is 1. The van der Waals surface area contributed by atoms with Crippen LogP contribution in [0, 0.1) is 6.92 Å². The van der Waals surface area contributed by atoms with Crippen molar-refractivity contribution in [2.45, 2.75) is 13.5 Å². The van der Waals surface area contributed by atoms with Crippen molar-refractivity contribution in [3.63, 3.8) is 0 Å². The molecule has 1 heterocycles. The minimum atomic E-state index is -0.0448. The van der Waals surface area contributed by atoms with Crippen molar-refractivity contribution in [2.75, 3.05) is 12.4 Å². The summed E-state index contributed by atoms with van der Waals surface area (Å²) >= 11 is 1.51. The Bertz CT molecular complexity index is 548. The minimum Gasteiger partial charge on any atom is -0.321 e. The van der Waals surface area contributed by atoms with Gasteiger partial charge in [-0.25, -0.2) is 0 Å². The number of thiophene rings is 1. The molecule has 0 saturated carbocycles. The molecule has 0 atom stereocenters. The van der Waals surface area contributed by atoms with E-state index >= 15 is 0 Å². The molecule has 1 amide bonds. The second-order valence-electron chi connectivity index (χ2n) is 4.05. The van der Waals surface area contributed by atoms with E-state index in [1.165, 1.54) is 11.3 Å². The quantitative estimate of drug-likeness (QED) is 0.887. The van der Waals surface area contributed by atoms with Gasteiger partial charge in [0.25, 0.3) is 5.91 Å². The first kappa shape index (κ1) is 12.8. The van der Waals surface area contributed by atoms with Gasteiger partial charge in [0.05, 0.1) is 4.88 Å². The van der Waals surface area contributed by atoms with Gasteiger partial charge in [-0.3, -0.25) is 4.79 Å². The van der Waals surface area contributed by atoms with E-state index in [1.807, 2.05) is 50.4 Å². The Morgan fingerprint density at radius 3 is 2.67 bits per heavy atom. The van der Waals surface area contributed by atoms with E-state index in [1.54, 1.807) is 0 Å². The van der Waals surface area contributed by atoms with Gasteiger partial charge in [-0.05, 0) is 37.7 Å². The zero-order chi connectivity index (χ0) is 13.0. The highest BCUT2D eigenvalue weighted by Crippen LogP contribution is 2.19. The molecule has 0 unspecified atom stereocenters. The van der Waals surface area contributed by atoms with Crippen LogP contribution in [0.3, 0.4) is 0 Å². The van der Waals surface area contributed by atoms with E-state index in [9.17, 15) is 4.79 Å². The maximum Gasteiger partial charge on any atom is 0.265 e. The van der Waals surface area contributed by atoms with Gasteiger partial charge in [-0.15, -0.1) is 11.3 Å². The van der Waals surface area contributed by atoms with Gasteiger partial charge in [0.15, 0.2) is 0 Å². The number of nitrogens with one attached hydrogen (secondary N) is 2. The topological polar surface area (TPSA) is 41.1 Å². The number of anilines is 1. The lowest BCUT2D eigenvalue weighted by Crippen LogP contribution is -2.14. The van der Waals surface area contributed by atoms with Crippen molar-refractivity contribution in [3.8, 4) is 0 Å². The average Bonchev–Trinajstić information content (AvgIpc) is 2.79. The summed E-state index contributed by atoms with van der Waals surface area (Å²) < 4.78 is 0. The zero-order valence-corrected chi connectivity index (χ0v) is 11.3. The normalized spacial score (nSPS) is 10.3. The summed E-state index contributed by atoms with van der Waals surface area (Å²) in [4.78, 5) is 13.9. The molecule has 2 N–H and O–H groups in total. The summed E-state index contributed by atoms with van der Waals surface area (Å²) in [5, 5.41) is 6.05. The molecule has 0 radical (unpaired) electrons. The first-order valence-corrected chi connectivity index (χ1v) is 6.62. The molecule has 94 valence electrons. The van der Waals surface area contributed by atoms with Crippen LogP contribution in [0.1, 0.15) is 20.1 Å². The van der Waals surface area contributed by atoms with Crippen LogP contribution in [0.5, 0.6) is 0 Å². The molecule has 0 aliphatic heterocycles. The number of carbonyl (C=O) groups is 1. The summed E-state index contributed by atoms with van der Waals surface area (Å²) in [6.07, 6.45) is 0. The Balaban J connectivity index is 2.16. The Labute approximate surface area is 111 Å². The van der Waals surface area contributed by atoms with Crippen LogP contribution >= 0.6 is 11.3 Å². The zero-order valence-electron chi connectivity index (χ0n) is 10.5. The van der Waals surface area contributed by atoms with Crippen molar-refractivity contribution in [1.82, 2.24) is 5.32 Å². The number of amides is 1. The molecule has 0 aliphatic carbocycles. The van der Waals surface area contributed by atoms with Crippen molar-refractivity contribution in [2.24, 2.45) is 0 Å². The molecular formula is C14H16N2OS. The second kappa shape index (κ2) is 5.80. The van der Waals surface area contributed by atoms with Crippen LogP contribution in [-0.4, -0.2) is 13.0 Å². The highest BCUT2D eigenvalue weighted by molar-refractivity contribution is 7.14. The van der Waals surface area contributed by atoms with Gasteiger partial charge >= 0.3 is 0 Å². The first-order valence-electron chi connectivity index (χ1n) is 5.81. The minimum absolute atomic E-state index is 0.0448. The van der Waals surface area contributed by atoms with Gasteiger partial charge < -0.3 is 10.6 Å². The molecule has 0 aliphatic rings. The van der Waals surface area contributed by atoms with E-state index in [-0.39, 0.29) is 5.91 Å². The molecule has 4 heteroatoms. The highest BCUT2D eigenvalue weighted by atomic mass is 32.1. The Morgan fingerprint density at radius 1 is 1.22 bits per heavy atom. The fourth-order valence-electron chi connectivity index (χ4n) is 1.73. The average molecular weight is 260 g/mol. The standard InChI is InChI=1S/C14H16N2OS/c1-10-7-8-13(18-10)14(17)16-12-6-4-3-5-11(12)9-15-2/h3-8,15H,9H2,1-2H3,(H,16,17). The monoisotopic (exact) mass is 260 g/mol. The maximum absolute atomic E-state index is 12.1. The van der Waals surface area contributed by atoms with Crippen LogP contribution in [-0.2, 0) is 6.54 Å². The maximum atomic E-state index is 12.1. The third kappa shape index (κ3) is 2.97. The van der Waals surface area contributed by atoms with Crippen molar-refractivity contribution in [3.05, 3.63) is 51.7 Å². The molecule has 0 saturated heterocycles. The molecule has 2 rings (SSSR count). The van der Waals surface area contributed by atoms with Crippen molar-refractivity contribution < 1.29 is 4.79 Å². The number of hydrogen-bond donors (Lipinski definition) is 2. The van der Waals surface area contributed by atoms with E-state index in [2.05, 4.69) is 10.6 Å². The second-order valence-corrected chi connectivity index (χ2v) is 5.34. The lowest BCUT2D eigenvalue weighted by atomic mass is 10.1. The summed E-state index contributed by atoms with van der Waals surface area (Å²) in [5.41, 5.74) is 1.95. The molecular weight excluding hydrogens is 244 g/mol. The molecule has 1 aromatic carbocycles. The fourth-order valence-corrected chi connectivity index (χ4v) is 2.49. The number of hydrogen-bond acceptors (Lipinski definition) is 3. The fraction of sp³-hybridized carbons (Fsp3) is 0.214. The van der Waals surface area contributed by atoms with Gasteiger partial charge in [-0.1, -0.05) is 18.2 Å². The number of benzene rings is 1. The number of para-hydroxylation sites is 1. The van der Waals surface area contributed by atoms with Crippen molar-refractivity contribution >= 4 is 22.9 Å². The van der Waals surface area contributed by atoms with Crippen LogP contribution in [0.15, 0.2) is 36.4 Å². The van der Waals surface area contributed by atoms with E-state index in [0.717, 1.165) is 27.5 Å². The third-order valence-corrected chi connectivity index (χ3v) is 3.60. The van der Waals surface area contributed by atoms with Crippen LogP contribution in [0.2, 0.25) is 0 Å². The Kier molecular flexibility index (Phi) is 4.12. The summed E-state index contributed by atoms with van der Waals surface area (Å²) in [5.74, 6) is -0.0448. The van der Waals surface area contributed by atoms with E-state index in [0.29, 0.717) is 0 Å². The lowest BCUT2D eigenvalue weighted by molar-refractivity contribution is 0.103. The molecule has 0 bridgehead atoms. The van der Waals surface area contributed by atoms with E-state index < -0.39 is 0 Å². The van der Waals surface area contributed by atoms with Crippen LogP contribution in [0.25, 0.3) is 0 Å². The van der Waals surface area contributed by atoms with Gasteiger partial charge in [-0.2, -0.15) is 0 Å². The smallest absolute Gasteiger partial charge is 0.265 e. The molecule has 18 heavy (non-hydrogen) atoms. The van der Waals surface area contributed by atoms with Gasteiger partial charge in [0, 0.05) is 17.1 Å². The summed E-state index contributed by atoms with van der Waals surface area (Å²) in [6.45, 7) is 2.73. The molecule has 0 spiro atoms. The number of carbonyl (C=O) groups excluding carboxylic acids is 1. The van der Waals surface area contributed by atoms with Gasteiger partial charge in [0.2, 0.25) is 0 Å². The Morgan fingerprint density at radius 2 is 2.00 bits per heavy atom. The summed E-state index contributed by atoms with van der Waals surface area (Å²) in [6, 6.07) is 11.6. The predicted molar refractivity (Wildman–Crippen MR) is 76.2 cm³/mol. The van der Waals surface area contributed by atoms with E-state index in [4.69, 9.17) is 0 Å². The molecule has 0 fully saturated rings. The third-order valence-electron chi connectivity index (χ3n) is 2.60. The molecule has 2 aromatic rings. The van der Waals surface area contributed by atoms with Crippen LogP contribution < -0.4 is 10.6 Å². The van der Waals surface area contributed by atoms with Crippen molar-refractivity contribution in [1.29, 1.82) is 0 Å². The van der Waals surface area contributed by atoms with Crippen LogP contribution in [0.4, 0.5) is 5.69 Å². The summed E-state index contributed by atoms with van der Waals surface area (Å²) in [7, 11) is 1.89. The Hall–Kier alpha value is -1.65. The van der Waals surface area contributed by atoms with Gasteiger partial charge in [0.1, 0.15) is 0 Å². The molecule has 3 nitrogen and oxygen atoms in total. The molecule has 1 aromatic heterocycles. The number of rotatable bonds is 4. The SMILES string of the molecule is CNCc1ccccc1NC(=O)c1ccc(C)s1. The highest BCUT2D eigenvalue weighted by Gasteiger charge is 2.10. The first-order chi connectivity index (χ1) is 8.70. The predicted octanol–water partition coefficient (Wildman–Crippen LogP) is 3.03. The lowest BCUT2D eigenvalue weighted by Gasteiger charge is -2.09. The largest absolute Gasteiger partial charge is 0.321 e.